The van der Waals surface area contributed by atoms with Gasteiger partial charge in [0.15, 0.2) is 0 Å². The fraction of sp³-hybridized carbons (Fsp3) is 0.500. The number of nitrogens with zero attached hydrogens (tertiary/aromatic N) is 1. The summed E-state index contributed by atoms with van der Waals surface area (Å²) in [5, 5.41) is 3.94. The molecule has 0 saturated carbocycles. The maximum Gasteiger partial charge on any atom is 0.255 e. The molecule has 0 unspecified atom stereocenters. The molecule has 2 rings (SSSR count). The molecule has 5 heteroatoms. The molecule has 0 radical (unpaired) electrons. The molecule has 4 nitrogen and oxygen atoms in total. The van der Waals surface area contributed by atoms with E-state index in [-0.39, 0.29) is 11.3 Å². The predicted molar refractivity (Wildman–Crippen MR) is 76.9 cm³/mol. The zero-order chi connectivity index (χ0) is 14.0. The first-order valence-electron chi connectivity index (χ1n) is 6.24. The van der Waals surface area contributed by atoms with E-state index in [9.17, 15) is 4.79 Å². The van der Waals surface area contributed by atoms with Crippen LogP contribution in [-0.4, -0.2) is 44.7 Å². The summed E-state index contributed by atoms with van der Waals surface area (Å²) >= 11 is 6.01. The van der Waals surface area contributed by atoms with Gasteiger partial charge < -0.3 is 15.0 Å². The van der Waals surface area contributed by atoms with E-state index in [0.29, 0.717) is 10.6 Å². The Morgan fingerprint density at radius 3 is 2.68 bits per heavy atom. The van der Waals surface area contributed by atoms with Crippen molar-refractivity contribution in [3.8, 4) is 0 Å². The van der Waals surface area contributed by atoms with Gasteiger partial charge in [0.25, 0.3) is 5.91 Å². The van der Waals surface area contributed by atoms with Gasteiger partial charge in [0, 0.05) is 36.8 Å². The number of hydrogen-bond donors (Lipinski definition) is 1. The maximum atomic E-state index is 12.1. The van der Waals surface area contributed by atoms with E-state index in [4.69, 9.17) is 16.3 Å². The highest BCUT2D eigenvalue weighted by Crippen LogP contribution is 2.29. The molecule has 1 saturated heterocycles. The minimum atomic E-state index is -0.0332. The van der Waals surface area contributed by atoms with Crippen molar-refractivity contribution in [1.82, 2.24) is 4.90 Å². The standard InChI is InChI=1S/C14H19ClN2O2/c1-14(8-19-9-14)7-16-12-6-10(15)4-5-11(12)13(18)17(2)3/h4-6,16H,7-9H2,1-3H3. The van der Waals surface area contributed by atoms with Crippen molar-refractivity contribution in [2.45, 2.75) is 6.92 Å². The van der Waals surface area contributed by atoms with Gasteiger partial charge in [-0.1, -0.05) is 18.5 Å². The van der Waals surface area contributed by atoms with Crippen molar-refractivity contribution in [2.75, 3.05) is 39.2 Å². The molecule has 0 bridgehead atoms. The molecule has 1 amide bonds. The van der Waals surface area contributed by atoms with Crippen LogP contribution in [0, 0.1) is 5.41 Å². The molecule has 1 aromatic carbocycles. The molecule has 1 aliphatic heterocycles. The number of carbonyl (C=O) groups is 1. The second kappa shape index (κ2) is 5.39. The molecule has 0 aliphatic carbocycles. The lowest BCUT2D eigenvalue weighted by atomic mass is 9.88. The molecule has 104 valence electrons. The third-order valence-corrected chi connectivity index (χ3v) is 3.46. The highest BCUT2D eigenvalue weighted by atomic mass is 35.5. The monoisotopic (exact) mass is 282 g/mol. The number of nitrogens with one attached hydrogen (secondary N) is 1. The number of anilines is 1. The number of carbonyl (C=O) groups excluding carboxylic acids is 1. The van der Waals surface area contributed by atoms with Gasteiger partial charge in [-0.05, 0) is 18.2 Å². The predicted octanol–water partition coefficient (Wildman–Crippen LogP) is 2.49. The van der Waals surface area contributed by atoms with Crippen molar-refractivity contribution in [3.63, 3.8) is 0 Å². The number of hydrogen-bond acceptors (Lipinski definition) is 3. The summed E-state index contributed by atoms with van der Waals surface area (Å²) in [6, 6.07) is 5.28. The molecule has 1 fully saturated rings. The van der Waals surface area contributed by atoms with Gasteiger partial charge in [-0.2, -0.15) is 0 Å². The Labute approximate surface area is 118 Å². The second-order valence-corrected chi connectivity index (χ2v) is 5.98. The van der Waals surface area contributed by atoms with Crippen molar-refractivity contribution < 1.29 is 9.53 Å². The van der Waals surface area contributed by atoms with Gasteiger partial charge in [0.1, 0.15) is 0 Å². The second-order valence-electron chi connectivity index (χ2n) is 5.55. The summed E-state index contributed by atoms with van der Waals surface area (Å²) in [6.07, 6.45) is 0. The van der Waals surface area contributed by atoms with Gasteiger partial charge in [-0.3, -0.25) is 4.79 Å². The minimum Gasteiger partial charge on any atom is -0.384 e. The first-order valence-corrected chi connectivity index (χ1v) is 6.62. The quantitative estimate of drug-likeness (QED) is 0.922. The molecule has 1 heterocycles. The highest BCUT2D eigenvalue weighted by molar-refractivity contribution is 6.31. The number of benzene rings is 1. The van der Waals surface area contributed by atoms with E-state index >= 15 is 0 Å². The SMILES string of the molecule is CN(C)C(=O)c1ccc(Cl)cc1NCC1(C)COC1. The van der Waals surface area contributed by atoms with E-state index in [1.165, 1.54) is 0 Å². The molecule has 0 spiro atoms. The third kappa shape index (κ3) is 3.19. The average Bonchev–Trinajstić information content (AvgIpc) is 2.33. The summed E-state index contributed by atoms with van der Waals surface area (Å²) in [6.45, 7) is 4.41. The van der Waals surface area contributed by atoms with Crippen LogP contribution in [0.2, 0.25) is 5.02 Å². The van der Waals surface area contributed by atoms with Crippen LogP contribution in [-0.2, 0) is 4.74 Å². The summed E-state index contributed by atoms with van der Waals surface area (Å²) in [5.74, 6) is -0.0332. The highest BCUT2D eigenvalue weighted by Gasteiger charge is 2.33. The molecule has 1 aromatic rings. The fourth-order valence-corrected chi connectivity index (χ4v) is 2.12. The lowest BCUT2D eigenvalue weighted by Gasteiger charge is -2.38. The largest absolute Gasteiger partial charge is 0.384 e. The van der Waals surface area contributed by atoms with E-state index in [1.807, 2.05) is 0 Å². The smallest absolute Gasteiger partial charge is 0.255 e. The van der Waals surface area contributed by atoms with Gasteiger partial charge in [0.05, 0.1) is 18.8 Å². The first-order chi connectivity index (χ1) is 8.91. The van der Waals surface area contributed by atoms with E-state index < -0.39 is 0 Å². The summed E-state index contributed by atoms with van der Waals surface area (Å²) in [4.78, 5) is 13.7. The van der Waals surface area contributed by atoms with Crippen LogP contribution in [0.3, 0.4) is 0 Å². The average molecular weight is 283 g/mol. The topological polar surface area (TPSA) is 41.6 Å². The number of halogens is 1. The molecule has 0 aromatic heterocycles. The number of rotatable bonds is 4. The Bertz CT molecular complexity index is 484. The summed E-state index contributed by atoms with van der Waals surface area (Å²) < 4.78 is 5.22. The van der Waals surface area contributed by atoms with Crippen LogP contribution < -0.4 is 5.32 Å². The van der Waals surface area contributed by atoms with E-state index in [1.54, 1.807) is 37.2 Å². The van der Waals surface area contributed by atoms with Crippen molar-refractivity contribution in [1.29, 1.82) is 0 Å². The molecular weight excluding hydrogens is 264 g/mol. The molecular formula is C14H19ClN2O2. The Hall–Kier alpha value is -1.26. The van der Waals surface area contributed by atoms with E-state index in [0.717, 1.165) is 25.4 Å². The van der Waals surface area contributed by atoms with Crippen LogP contribution in [0.5, 0.6) is 0 Å². The van der Waals surface area contributed by atoms with Gasteiger partial charge in [-0.25, -0.2) is 0 Å². The molecule has 1 aliphatic rings. The van der Waals surface area contributed by atoms with Gasteiger partial charge in [0.2, 0.25) is 0 Å². The first kappa shape index (κ1) is 14.2. The maximum absolute atomic E-state index is 12.1. The van der Waals surface area contributed by atoms with Crippen LogP contribution in [0.4, 0.5) is 5.69 Å². The van der Waals surface area contributed by atoms with Crippen LogP contribution in [0.25, 0.3) is 0 Å². The fourth-order valence-electron chi connectivity index (χ4n) is 1.95. The zero-order valence-electron chi connectivity index (χ0n) is 11.5. The van der Waals surface area contributed by atoms with Crippen LogP contribution >= 0.6 is 11.6 Å². The molecule has 19 heavy (non-hydrogen) atoms. The lowest BCUT2D eigenvalue weighted by Crippen LogP contribution is -2.45. The normalized spacial score (nSPS) is 16.6. The van der Waals surface area contributed by atoms with Crippen LogP contribution in [0.1, 0.15) is 17.3 Å². The third-order valence-electron chi connectivity index (χ3n) is 3.22. The Morgan fingerprint density at radius 2 is 2.16 bits per heavy atom. The van der Waals surface area contributed by atoms with Crippen molar-refractivity contribution in [3.05, 3.63) is 28.8 Å². The Kier molecular flexibility index (Phi) is 4.02. The van der Waals surface area contributed by atoms with Gasteiger partial charge in [-0.15, -0.1) is 0 Å². The lowest BCUT2D eigenvalue weighted by molar-refractivity contribution is -0.0924. The van der Waals surface area contributed by atoms with Gasteiger partial charge >= 0.3 is 0 Å². The summed E-state index contributed by atoms with van der Waals surface area (Å²) in [7, 11) is 3.48. The molecule has 1 N–H and O–H groups in total. The van der Waals surface area contributed by atoms with E-state index in [2.05, 4.69) is 12.2 Å². The Balaban J connectivity index is 2.17. The van der Waals surface area contributed by atoms with Crippen molar-refractivity contribution >= 4 is 23.2 Å². The number of amides is 1. The van der Waals surface area contributed by atoms with Crippen molar-refractivity contribution in [2.24, 2.45) is 5.41 Å². The minimum absolute atomic E-state index is 0.0332. The molecule has 0 atom stereocenters. The van der Waals surface area contributed by atoms with Crippen LogP contribution in [0.15, 0.2) is 18.2 Å². The summed E-state index contributed by atoms with van der Waals surface area (Å²) in [5.41, 5.74) is 1.55. The Morgan fingerprint density at radius 1 is 1.47 bits per heavy atom. The number of ether oxygens (including phenoxy) is 1. The zero-order valence-corrected chi connectivity index (χ0v) is 12.3.